The fourth-order valence-electron chi connectivity index (χ4n) is 5.30. The average Bonchev–Trinajstić information content (AvgIpc) is 2.75. The minimum absolute atomic E-state index is 0.0820. The lowest BCUT2D eigenvalue weighted by molar-refractivity contribution is -0.121. The maximum Gasteiger partial charge on any atom is 0.408 e. The van der Waals surface area contributed by atoms with Gasteiger partial charge in [-0.05, 0) is 54.5 Å². The number of amides is 2. The number of nitrogens with one attached hydrogen (secondary N) is 2. The van der Waals surface area contributed by atoms with E-state index in [0.29, 0.717) is 11.8 Å². The highest BCUT2D eigenvalue weighted by Crippen LogP contribution is 2.42. The SMILES string of the molecule is CC(C)(C)OC(=O)NC(C(=O)Nc1ncc(Br)cn1)C(C1CCCCC1)C1CCCCC1. The maximum atomic E-state index is 13.6. The van der Waals surface area contributed by atoms with Crippen LogP contribution in [0.15, 0.2) is 16.9 Å². The first-order valence-electron chi connectivity index (χ1n) is 12.0. The van der Waals surface area contributed by atoms with Crippen LogP contribution in [-0.2, 0) is 9.53 Å². The lowest BCUT2D eigenvalue weighted by atomic mass is 9.66. The number of hydrogen-bond acceptors (Lipinski definition) is 5. The Kier molecular flexibility index (Phi) is 8.91. The summed E-state index contributed by atoms with van der Waals surface area (Å²) in [5.74, 6) is 0.893. The second kappa shape index (κ2) is 11.4. The van der Waals surface area contributed by atoms with E-state index < -0.39 is 17.7 Å². The summed E-state index contributed by atoms with van der Waals surface area (Å²) in [5.41, 5.74) is -0.634. The van der Waals surface area contributed by atoms with Crippen molar-refractivity contribution in [2.75, 3.05) is 5.32 Å². The van der Waals surface area contributed by atoms with E-state index in [0.717, 1.165) is 30.2 Å². The fraction of sp³-hybridized carbons (Fsp3) is 0.750. The standard InChI is InChI=1S/C24H37BrN4O3/c1-24(2,3)32-23(31)28-20(21(30)29-22-26-14-18(25)15-27-22)19(16-10-6-4-7-11-16)17-12-8-5-9-13-17/h14-17,19-20H,4-13H2,1-3H3,(H,28,31)(H,26,27,29,30). The number of halogens is 1. The van der Waals surface area contributed by atoms with Gasteiger partial charge in [-0.2, -0.15) is 0 Å². The summed E-state index contributed by atoms with van der Waals surface area (Å²) in [6, 6.07) is -0.678. The van der Waals surface area contributed by atoms with E-state index in [9.17, 15) is 9.59 Å². The molecule has 0 aliphatic heterocycles. The van der Waals surface area contributed by atoms with Gasteiger partial charge in [-0.3, -0.25) is 10.1 Å². The third-order valence-corrected chi connectivity index (χ3v) is 6.99. The van der Waals surface area contributed by atoms with Gasteiger partial charge in [0.05, 0.1) is 4.47 Å². The van der Waals surface area contributed by atoms with E-state index in [4.69, 9.17) is 4.74 Å². The molecule has 1 heterocycles. The number of aromatic nitrogens is 2. The lowest BCUT2D eigenvalue weighted by Gasteiger charge is -2.41. The predicted octanol–water partition coefficient (Wildman–Crippen LogP) is 5.85. The first-order chi connectivity index (χ1) is 15.2. The molecular formula is C24H37BrN4O3. The molecule has 2 saturated carbocycles. The van der Waals surface area contributed by atoms with E-state index in [1.54, 1.807) is 12.4 Å². The average molecular weight is 509 g/mol. The van der Waals surface area contributed by atoms with Gasteiger partial charge in [0.25, 0.3) is 0 Å². The molecule has 1 aromatic rings. The third kappa shape index (κ3) is 7.42. The van der Waals surface area contributed by atoms with E-state index >= 15 is 0 Å². The number of alkyl carbamates (subject to hydrolysis) is 1. The molecule has 178 valence electrons. The van der Waals surface area contributed by atoms with Crippen LogP contribution in [0.4, 0.5) is 10.7 Å². The Morgan fingerprint density at radius 3 is 1.94 bits per heavy atom. The molecule has 2 aliphatic rings. The van der Waals surface area contributed by atoms with Crippen molar-refractivity contribution in [3.63, 3.8) is 0 Å². The molecular weight excluding hydrogens is 472 g/mol. The number of carbonyl (C=O) groups is 2. The quantitative estimate of drug-likeness (QED) is 0.502. The number of nitrogens with zero attached hydrogens (tertiary/aromatic N) is 2. The zero-order valence-electron chi connectivity index (χ0n) is 19.5. The molecule has 2 amide bonds. The van der Waals surface area contributed by atoms with Crippen LogP contribution in [0.25, 0.3) is 0 Å². The van der Waals surface area contributed by atoms with Gasteiger partial charge in [-0.25, -0.2) is 14.8 Å². The minimum atomic E-state index is -0.678. The number of rotatable bonds is 6. The molecule has 2 aliphatic carbocycles. The highest BCUT2D eigenvalue weighted by molar-refractivity contribution is 9.10. The van der Waals surface area contributed by atoms with Crippen molar-refractivity contribution in [2.24, 2.45) is 17.8 Å². The molecule has 3 rings (SSSR count). The summed E-state index contributed by atoms with van der Waals surface area (Å²) in [6.45, 7) is 5.49. The van der Waals surface area contributed by atoms with Crippen molar-refractivity contribution in [3.05, 3.63) is 16.9 Å². The molecule has 0 spiro atoms. The van der Waals surface area contributed by atoms with Crippen LogP contribution in [0.1, 0.15) is 85.0 Å². The molecule has 32 heavy (non-hydrogen) atoms. The van der Waals surface area contributed by atoms with Crippen molar-refractivity contribution in [1.82, 2.24) is 15.3 Å². The fourth-order valence-corrected chi connectivity index (χ4v) is 5.51. The van der Waals surface area contributed by atoms with E-state index in [-0.39, 0.29) is 17.8 Å². The van der Waals surface area contributed by atoms with Crippen LogP contribution in [0, 0.1) is 17.8 Å². The molecule has 8 heteroatoms. The molecule has 0 aromatic carbocycles. The van der Waals surface area contributed by atoms with Gasteiger partial charge in [-0.15, -0.1) is 0 Å². The number of anilines is 1. The number of ether oxygens (including phenoxy) is 1. The molecule has 0 radical (unpaired) electrons. The third-order valence-electron chi connectivity index (χ3n) is 6.58. The highest BCUT2D eigenvalue weighted by atomic mass is 79.9. The van der Waals surface area contributed by atoms with Crippen LogP contribution < -0.4 is 10.6 Å². The Morgan fingerprint density at radius 1 is 0.969 bits per heavy atom. The second-order valence-electron chi connectivity index (χ2n) is 10.2. The van der Waals surface area contributed by atoms with Crippen LogP contribution in [0.5, 0.6) is 0 Å². The van der Waals surface area contributed by atoms with Crippen molar-refractivity contribution < 1.29 is 14.3 Å². The van der Waals surface area contributed by atoms with Crippen molar-refractivity contribution in [1.29, 1.82) is 0 Å². The normalized spacial score (nSPS) is 19.4. The number of hydrogen-bond donors (Lipinski definition) is 2. The molecule has 1 aromatic heterocycles. The van der Waals surface area contributed by atoms with Gasteiger partial charge in [0, 0.05) is 12.4 Å². The maximum absolute atomic E-state index is 13.6. The van der Waals surface area contributed by atoms with Gasteiger partial charge in [0.15, 0.2) is 0 Å². The van der Waals surface area contributed by atoms with E-state index in [2.05, 4.69) is 36.5 Å². The zero-order chi connectivity index (χ0) is 23.1. The Bertz CT molecular complexity index is 736. The molecule has 1 atom stereocenters. The highest BCUT2D eigenvalue weighted by Gasteiger charge is 2.41. The topological polar surface area (TPSA) is 93.2 Å². The van der Waals surface area contributed by atoms with Gasteiger partial charge < -0.3 is 10.1 Å². The predicted molar refractivity (Wildman–Crippen MR) is 128 cm³/mol. The van der Waals surface area contributed by atoms with Crippen molar-refractivity contribution in [3.8, 4) is 0 Å². The van der Waals surface area contributed by atoms with Gasteiger partial charge in [0.1, 0.15) is 11.6 Å². The number of carbonyl (C=O) groups excluding carboxylic acids is 2. The van der Waals surface area contributed by atoms with Gasteiger partial charge in [-0.1, -0.05) is 64.2 Å². The summed E-state index contributed by atoms with van der Waals surface area (Å²) >= 11 is 3.32. The minimum Gasteiger partial charge on any atom is -0.444 e. The van der Waals surface area contributed by atoms with Crippen LogP contribution in [0.2, 0.25) is 0 Å². The summed E-state index contributed by atoms with van der Waals surface area (Å²) in [6.07, 6.45) is 14.3. The van der Waals surface area contributed by atoms with Crippen LogP contribution in [-0.4, -0.2) is 33.6 Å². The Hall–Kier alpha value is -1.70. The largest absolute Gasteiger partial charge is 0.444 e. The van der Waals surface area contributed by atoms with Gasteiger partial charge in [0.2, 0.25) is 11.9 Å². The van der Waals surface area contributed by atoms with Crippen LogP contribution >= 0.6 is 15.9 Å². The summed E-state index contributed by atoms with van der Waals surface area (Å²) < 4.78 is 6.28. The molecule has 0 saturated heterocycles. The van der Waals surface area contributed by atoms with Crippen LogP contribution in [0.3, 0.4) is 0 Å². The summed E-state index contributed by atoms with van der Waals surface area (Å²) in [4.78, 5) is 34.7. The first-order valence-corrected chi connectivity index (χ1v) is 12.8. The monoisotopic (exact) mass is 508 g/mol. The molecule has 0 bridgehead atoms. The Balaban J connectivity index is 1.87. The van der Waals surface area contributed by atoms with Gasteiger partial charge >= 0.3 is 6.09 Å². The van der Waals surface area contributed by atoms with Crippen molar-refractivity contribution in [2.45, 2.75) is 96.6 Å². The molecule has 2 N–H and O–H groups in total. The molecule has 1 unspecified atom stereocenters. The Morgan fingerprint density at radius 2 is 1.47 bits per heavy atom. The Labute approximate surface area is 200 Å². The smallest absolute Gasteiger partial charge is 0.408 e. The molecule has 7 nitrogen and oxygen atoms in total. The van der Waals surface area contributed by atoms with E-state index in [1.165, 1.54) is 38.5 Å². The van der Waals surface area contributed by atoms with E-state index in [1.807, 2.05) is 20.8 Å². The summed E-state index contributed by atoms with van der Waals surface area (Å²) in [7, 11) is 0. The second-order valence-corrected chi connectivity index (χ2v) is 11.1. The molecule has 2 fully saturated rings. The first kappa shape index (κ1) is 24.9. The zero-order valence-corrected chi connectivity index (χ0v) is 21.1. The lowest BCUT2D eigenvalue weighted by Crippen LogP contribution is -2.54. The summed E-state index contributed by atoms with van der Waals surface area (Å²) in [5, 5.41) is 5.81. The van der Waals surface area contributed by atoms with Crippen molar-refractivity contribution >= 4 is 33.9 Å².